The number of hydrogen-bond donors (Lipinski definition) is 1. The maximum atomic E-state index is 6.14. The molecule has 2 rings (SSSR count). The maximum absolute atomic E-state index is 6.14. The van der Waals surface area contributed by atoms with Crippen LogP contribution < -0.4 is 5.73 Å². The maximum Gasteiger partial charge on any atom is 0.0868 e. The Bertz CT molecular complexity index is 488. The summed E-state index contributed by atoms with van der Waals surface area (Å²) in [6.07, 6.45) is 0. The number of rotatable bonds is 1. The van der Waals surface area contributed by atoms with Crippen molar-refractivity contribution in [3.05, 3.63) is 28.4 Å². The molecule has 0 fully saturated rings. The highest BCUT2D eigenvalue weighted by molar-refractivity contribution is 6.35. The van der Waals surface area contributed by atoms with E-state index in [1.807, 2.05) is 26.1 Å². The van der Waals surface area contributed by atoms with Crippen molar-refractivity contribution in [1.29, 1.82) is 0 Å². The van der Waals surface area contributed by atoms with Crippen molar-refractivity contribution in [3.8, 4) is 0 Å². The largest absolute Gasteiger partial charge is 0.326 e. The zero-order valence-electron chi connectivity index (χ0n) is 8.21. The number of fused-ring (bicyclic) bond motifs is 1. The van der Waals surface area contributed by atoms with Crippen LogP contribution in [-0.2, 0) is 13.6 Å². The molecule has 2 aromatic rings. The first-order valence-corrected chi connectivity index (χ1v) is 4.83. The van der Waals surface area contributed by atoms with Crippen LogP contribution in [0.3, 0.4) is 0 Å². The van der Waals surface area contributed by atoms with E-state index in [2.05, 4.69) is 5.10 Å². The number of halogens is 1. The second-order valence-electron chi connectivity index (χ2n) is 3.39. The van der Waals surface area contributed by atoms with Crippen molar-refractivity contribution >= 4 is 22.5 Å². The summed E-state index contributed by atoms with van der Waals surface area (Å²) in [5.74, 6) is 0. The molecule has 0 spiro atoms. The van der Waals surface area contributed by atoms with Crippen molar-refractivity contribution in [2.45, 2.75) is 13.5 Å². The normalized spacial score (nSPS) is 11.1. The number of benzene rings is 1. The Hall–Kier alpha value is -1.06. The van der Waals surface area contributed by atoms with Gasteiger partial charge in [-0.05, 0) is 24.6 Å². The van der Waals surface area contributed by atoms with Crippen molar-refractivity contribution < 1.29 is 0 Å². The van der Waals surface area contributed by atoms with Crippen LogP contribution in [0.4, 0.5) is 0 Å². The van der Waals surface area contributed by atoms with Gasteiger partial charge in [-0.2, -0.15) is 5.10 Å². The Kier molecular flexibility index (Phi) is 2.21. The lowest BCUT2D eigenvalue weighted by Gasteiger charge is -2.01. The van der Waals surface area contributed by atoms with Gasteiger partial charge in [0.2, 0.25) is 0 Å². The zero-order chi connectivity index (χ0) is 10.3. The molecular formula is C10H12ClN3. The molecule has 0 aliphatic carbocycles. The standard InChI is InChI=1S/C10H12ClN3/c1-6-8-3-7(5-12)4-9(11)10(8)14(2)13-6/h3-4H,5,12H2,1-2H3. The van der Waals surface area contributed by atoms with Crippen molar-refractivity contribution in [3.63, 3.8) is 0 Å². The molecule has 0 saturated heterocycles. The third kappa shape index (κ3) is 1.29. The Labute approximate surface area is 87.5 Å². The predicted octanol–water partition coefficient (Wildman–Crippen LogP) is 1.99. The fraction of sp³-hybridized carbons (Fsp3) is 0.300. The lowest BCUT2D eigenvalue weighted by molar-refractivity contribution is 0.783. The van der Waals surface area contributed by atoms with Gasteiger partial charge in [0.1, 0.15) is 0 Å². The van der Waals surface area contributed by atoms with E-state index in [4.69, 9.17) is 17.3 Å². The van der Waals surface area contributed by atoms with Gasteiger partial charge >= 0.3 is 0 Å². The van der Waals surface area contributed by atoms with E-state index in [9.17, 15) is 0 Å². The van der Waals surface area contributed by atoms with Gasteiger partial charge in [-0.1, -0.05) is 11.6 Å². The average molecular weight is 210 g/mol. The van der Waals surface area contributed by atoms with E-state index < -0.39 is 0 Å². The number of nitrogens with zero attached hydrogens (tertiary/aromatic N) is 2. The first-order chi connectivity index (χ1) is 6.63. The molecule has 0 amide bonds. The molecule has 0 bridgehead atoms. The minimum absolute atomic E-state index is 0.504. The molecule has 3 nitrogen and oxygen atoms in total. The Morgan fingerprint density at radius 3 is 2.86 bits per heavy atom. The predicted molar refractivity (Wildman–Crippen MR) is 58.4 cm³/mol. The first kappa shape index (κ1) is 9.49. The van der Waals surface area contributed by atoms with Crippen molar-refractivity contribution in [2.75, 3.05) is 0 Å². The second kappa shape index (κ2) is 3.26. The van der Waals surface area contributed by atoms with Crippen LogP contribution >= 0.6 is 11.6 Å². The van der Waals surface area contributed by atoms with Crippen molar-refractivity contribution in [1.82, 2.24) is 9.78 Å². The first-order valence-electron chi connectivity index (χ1n) is 4.45. The van der Waals surface area contributed by atoms with Crippen LogP contribution in [0.1, 0.15) is 11.3 Å². The highest BCUT2D eigenvalue weighted by atomic mass is 35.5. The lowest BCUT2D eigenvalue weighted by atomic mass is 10.1. The van der Waals surface area contributed by atoms with Gasteiger partial charge in [0.15, 0.2) is 0 Å². The molecule has 2 N–H and O–H groups in total. The number of nitrogens with two attached hydrogens (primary N) is 1. The van der Waals surface area contributed by atoms with E-state index in [1.54, 1.807) is 4.68 Å². The van der Waals surface area contributed by atoms with Gasteiger partial charge in [0, 0.05) is 19.0 Å². The summed E-state index contributed by atoms with van der Waals surface area (Å²) in [5.41, 5.74) is 8.58. The molecule has 1 aromatic carbocycles. The molecule has 0 aliphatic rings. The van der Waals surface area contributed by atoms with Crippen LogP contribution in [-0.4, -0.2) is 9.78 Å². The topological polar surface area (TPSA) is 43.8 Å². The molecule has 0 saturated carbocycles. The van der Waals surface area contributed by atoms with Gasteiger partial charge in [-0.25, -0.2) is 0 Å². The molecule has 1 heterocycles. The van der Waals surface area contributed by atoms with E-state index in [-0.39, 0.29) is 0 Å². The van der Waals surface area contributed by atoms with Gasteiger partial charge in [-0.15, -0.1) is 0 Å². The molecular weight excluding hydrogens is 198 g/mol. The van der Waals surface area contributed by atoms with Crippen LogP contribution in [0, 0.1) is 6.92 Å². The zero-order valence-corrected chi connectivity index (χ0v) is 8.97. The molecule has 0 unspecified atom stereocenters. The van der Waals surface area contributed by atoms with Gasteiger partial charge < -0.3 is 5.73 Å². The summed E-state index contributed by atoms with van der Waals surface area (Å²) < 4.78 is 1.80. The van der Waals surface area contributed by atoms with E-state index in [0.717, 1.165) is 22.2 Å². The minimum Gasteiger partial charge on any atom is -0.326 e. The van der Waals surface area contributed by atoms with E-state index >= 15 is 0 Å². The Balaban J connectivity index is 2.86. The third-order valence-electron chi connectivity index (χ3n) is 2.37. The number of hydrogen-bond acceptors (Lipinski definition) is 2. The van der Waals surface area contributed by atoms with Crippen LogP contribution in [0.25, 0.3) is 10.9 Å². The monoisotopic (exact) mass is 209 g/mol. The van der Waals surface area contributed by atoms with Gasteiger partial charge in [0.25, 0.3) is 0 Å². The highest BCUT2D eigenvalue weighted by Gasteiger charge is 2.09. The fourth-order valence-corrected chi connectivity index (χ4v) is 2.07. The highest BCUT2D eigenvalue weighted by Crippen LogP contribution is 2.26. The number of aromatic nitrogens is 2. The summed E-state index contributed by atoms with van der Waals surface area (Å²) in [7, 11) is 1.89. The third-order valence-corrected chi connectivity index (χ3v) is 2.66. The van der Waals surface area contributed by atoms with Crippen LogP contribution in [0.15, 0.2) is 12.1 Å². The summed E-state index contributed by atoms with van der Waals surface area (Å²) >= 11 is 6.14. The molecule has 0 aliphatic heterocycles. The number of aryl methyl sites for hydroxylation is 2. The average Bonchev–Trinajstić information content (AvgIpc) is 2.42. The van der Waals surface area contributed by atoms with Crippen LogP contribution in [0.2, 0.25) is 5.02 Å². The minimum atomic E-state index is 0.504. The van der Waals surface area contributed by atoms with Crippen molar-refractivity contribution in [2.24, 2.45) is 12.8 Å². The molecule has 74 valence electrons. The van der Waals surface area contributed by atoms with Gasteiger partial charge in [0.05, 0.1) is 16.2 Å². The SMILES string of the molecule is Cc1nn(C)c2c(Cl)cc(CN)cc12. The Morgan fingerprint density at radius 2 is 2.21 bits per heavy atom. The molecule has 14 heavy (non-hydrogen) atoms. The summed E-state index contributed by atoms with van der Waals surface area (Å²) in [4.78, 5) is 0. The Morgan fingerprint density at radius 1 is 1.50 bits per heavy atom. The summed E-state index contributed by atoms with van der Waals surface area (Å²) in [5, 5.41) is 6.12. The van der Waals surface area contributed by atoms with E-state index in [0.29, 0.717) is 11.6 Å². The second-order valence-corrected chi connectivity index (χ2v) is 3.79. The quantitative estimate of drug-likeness (QED) is 0.781. The van der Waals surface area contributed by atoms with Gasteiger partial charge in [-0.3, -0.25) is 4.68 Å². The van der Waals surface area contributed by atoms with Crippen LogP contribution in [0.5, 0.6) is 0 Å². The lowest BCUT2D eigenvalue weighted by Crippen LogP contribution is -1.96. The van der Waals surface area contributed by atoms with E-state index in [1.165, 1.54) is 0 Å². The molecule has 1 aromatic heterocycles. The molecule has 0 atom stereocenters. The molecule has 0 radical (unpaired) electrons. The summed E-state index contributed by atoms with van der Waals surface area (Å²) in [6.45, 7) is 2.48. The summed E-state index contributed by atoms with van der Waals surface area (Å²) in [6, 6.07) is 3.94. The smallest absolute Gasteiger partial charge is 0.0868 e. The molecule has 4 heteroatoms. The fourth-order valence-electron chi connectivity index (χ4n) is 1.71.